The van der Waals surface area contributed by atoms with Crippen LogP contribution in [0.5, 0.6) is 0 Å². The molecule has 0 aliphatic heterocycles. The zero-order chi connectivity index (χ0) is 10.8. The zero-order valence-corrected chi connectivity index (χ0v) is 8.64. The van der Waals surface area contributed by atoms with E-state index in [1.54, 1.807) is 0 Å². The highest BCUT2D eigenvalue weighted by Gasteiger charge is 2.02. The molecule has 4 heteroatoms. The molecule has 0 amide bonds. The van der Waals surface area contributed by atoms with Crippen LogP contribution in [0.3, 0.4) is 0 Å². The van der Waals surface area contributed by atoms with Gasteiger partial charge in [0.15, 0.2) is 0 Å². The Morgan fingerprint density at radius 1 is 1.20 bits per heavy atom. The first kappa shape index (κ1) is 9.58. The molecule has 4 nitrogen and oxygen atoms in total. The van der Waals surface area contributed by atoms with Gasteiger partial charge in [0.25, 0.3) is 0 Å². The number of aromatic nitrogens is 2. The monoisotopic (exact) mass is 202 g/mol. The average molecular weight is 202 g/mol. The molecule has 0 bridgehead atoms. The summed E-state index contributed by atoms with van der Waals surface area (Å²) in [5.41, 5.74) is 14.7. The lowest BCUT2D eigenvalue weighted by atomic mass is 10.1. The van der Waals surface area contributed by atoms with Crippen LogP contribution in [0.25, 0.3) is 11.1 Å². The molecule has 0 aliphatic rings. The number of nitrogen functional groups attached to an aromatic ring is 2. The number of aryl methyl sites for hydroxylation is 1. The minimum Gasteiger partial charge on any atom is -0.397 e. The van der Waals surface area contributed by atoms with Crippen LogP contribution < -0.4 is 11.5 Å². The second-order valence-electron chi connectivity index (χ2n) is 3.43. The van der Waals surface area contributed by atoms with Gasteiger partial charge >= 0.3 is 0 Å². The van der Waals surface area contributed by atoms with E-state index >= 15 is 0 Å². The van der Waals surface area contributed by atoms with Crippen LogP contribution >= 0.6 is 0 Å². The van der Waals surface area contributed by atoms with Crippen molar-refractivity contribution in [3.05, 3.63) is 30.6 Å². The first-order valence-corrected chi connectivity index (χ1v) is 4.88. The van der Waals surface area contributed by atoms with Crippen molar-refractivity contribution in [2.75, 3.05) is 11.5 Å². The second-order valence-corrected chi connectivity index (χ2v) is 3.43. The lowest BCUT2D eigenvalue weighted by Gasteiger charge is -2.02. The number of nitrogens with zero attached hydrogens (tertiary/aromatic N) is 2. The molecule has 0 saturated carbocycles. The maximum Gasteiger partial charge on any atom is 0.0568 e. The van der Waals surface area contributed by atoms with Gasteiger partial charge in [-0.3, -0.25) is 4.68 Å². The van der Waals surface area contributed by atoms with E-state index in [0.29, 0.717) is 11.4 Å². The molecule has 2 rings (SSSR count). The number of nitrogens with two attached hydrogens (primary N) is 2. The Morgan fingerprint density at radius 3 is 2.60 bits per heavy atom. The van der Waals surface area contributed by atoms with Crippen LogP contribution in [0, 0.1) is 0 Å². The van der Waals surface area contributed by atoms with Gasteiger partial charge in [-0.05, 0) is 24.6 Å². The van der Waals surface area contributed by atoms with Crippen LogP contribution in [0.4, 0.5) is 11.4 Å². The van der Waals surface area contributed by atoms with Crippen LogP contribution in [0.2, 0.25) is 0 Å². The van der Waals surface area contributed by atoms with Crippen LogP contribution in [0.1, 0.15) is 6.92 Å². The van der Waals surface area contributed by atoms with Gasteiger partial charge in [0.2, 0.25) is 0 Å². The summed E-state index contributed by atoms with van der Waals surface area (Å²) in [6.45, 7) is 2.92. The molecular formula is C11H14N4. The molecule has 4 N–H and O–H groups in total. The van der Waals surface area contributed by atoms with Crippen LogP contribution in [-0.2, 0) is 6.54 Å². The molecule has 1 aromatic carbocycles. The Hall–Kier alpha value is -1.97. The highest BCUT2D eigenvalue weighted by molar-refractivity contribution is 5.73. The van der Waals surface area contributed by atoms with Gasteiger partial charge in [0, 0.05) is 18.3 Å². The van der Waals surface area contributed by atoms with Gasteiger partial charge in [-0.25, -0.2) is 0 Å². The van der Waals surface area contributed by atoms with Gasteiger partial charge in [0.1, 0.15) is 0 Å². The Morgan fingerprint density at radius 2 is 2.00 bits per heavy atom. The number of benzene rings is 1. The third kappa shape index (κ3) is 1.79. The highest BCUT2D eigenvalue weighted by atomic mass is 15.3. The number of rotatable bonds is 2. The molecule has 0 aliphatic carbocycles. The predicted octanol–water partition coefficient (Wildman–Crippen LogP) is 1.73. The summed E-state index contributed by atoms with van der Waals surface area (Å²) in [7, 11) is 0. The largest absolute Gasteiger partial charge is 0.397 e. The summed E-state index contributed by atoms with van der Waals surface area (Å²) in [4.78, 5) is 0. The summed E-state index contributed by atoms with van der Waals surface area (Å²) < 4.78 is 1.88. The highest BCUT2D eigenvalue weighted by Crippen LogP contribution is 2.24. The predicted molar refractivity (Wildman–Crippen MR) is 62.2 cm³/mol. The van der Waals surface area contributed by atoms with Crippen molar-refractivity contribution in [3.8, 4) is 11.1 Å². The normalized spacial score (nSPS) is 10.5. The summed E-state index contributed by atoms with van der Waals surface area (Å²) in [6.07, 6.45) is 3.82. The van der Waals surface area contributed by atoms with E-state index in [4.69, 9.17) is 11.5 Å². The summed E-state index contributed by atoms with van der Waals surface area (Å²) in [5.74, 6) is 0. The topological polar surface area (TPSA) is 69.9 Å². The zero-order valence-electron chi connectivity index (χ0n) is 8.64. The smallest absolute Gasteiger partial charge is 0.0568 e. The van der Waals surface area contributed by atoms with Crippen molar-refractivity contribution in [2.24, 2.45) is 0 Å². The SMILES string of the molecule is CCn1cc(-c2ccc(N)c(N)c2)cn1. The first-order valence-electron chi connectivity index (χ1n) is 4.88. The van der Waals surface area contributed by atoms with Crippen molar-refractivity contribution in [1.29, 1.82) is 0 Å². The molecule has 1 heterocycles. The van der Waals surface area contributed by atoms with Crippen LogP contribution in [0.15, 0.2) is 30.6 Å². The molecule has 0 radical (unpaired) electrons. The van der Waals surface area contributed by atoms with E-state index in [1.807, 2.05) is 42.2 Å². The van der Waals surface area contributed by atoms with Crippen LogP contribution in [-0.4, -0.2) is 9.78 Å². The van der Waals surface area contributed by atoms with Crippen molar-refractivity contribution in [3.63, 3.8) is 0 Å². The van der Waals surface area contributed by atoms with Crippen molar-refractivity contribution in [1.82, 2.24) is 9.78 Å². The lowest BCUT2D eigenvalue weighted by molar-refractivity contribution is 0.660. The fraction of sp³-hybridized carbons (Fsp3) is 0.182. The fourth-order valence-corrected chi connectivity index (χ4v) is 1.44. The molecule has 15 heavy (non-hydrogen) atoms. The quantitative estimate of drug-likeness (QED) is 0.729. The Balaban J connectivity index is 2.40. The molecule has 0 spiro atoms. The molecule has 78 valence electrons. The molecule has 0 fully saturated rings. The minimum atomic E-state index is 0.608. The van der Waals surface area contributed by atoms with E-state index < -0.39 is 0 Å². The molecular weight excluding hydrogens is 188 g/mol. The number of anilines is 2. The maximum absolute atomic E-state index is 5.75. The Kier molecular flexibility index (Phi) is 2.33. The van der Waals surface area contributed by atoms with E-state index in [1.165, 1.54) is 0 Å². The average Bonchev–Trinajstić information content (AvgIpc) is 2.70. The van der Waals surface area contributed by atoms with Gasteiger partial charge in [-0.15, -0.1) is 0 Å². The van der Waals surface area contributed by atoms with Crippen molar-refractivity contribution < 1.29 is 0 Å². The second kappa shape index (κ2) is 3.65. The maximum atomic E-state index is 5.75. The summed E-state index contributed by atoms with van der Waals surface area (Å²) in [6, 6.07) is 5.63. The van der Waals surface area contributed by atoms with Gasteiger partial charge < -0.3 is 11.5 Å². The van der Waals surface area contributed by atoms with Gasteiger partial charge in [0.05, 0.1) is 17.6 Å². The third-order valence-corrected chi connectivity index (χ3v) is 2.38. The standard InChI is InChI=1S/C11H14N4/c1-2-15-7-9(6-14-15)8-3-4-10(12)11(13)5-8/h3-7H,2,12-13H2,1H3. The molecule has 0 unspecified atom stereocenters. The first-order chi connectivity index (χ1) is 7.20. The summed E-state index contributed by atoms with van der Waals surface area (Å²) in [5, 5.41) is 4.21. The van der Waals surface area contributed by atoms with E-state index in [-0.39, 0.29) is 0 Å². The number of hydrogen-bond acceptors (Lipinski definition) is 3. The molecule has 2 aromatic rings. The Bertz CT molecular complexity index is 473. The van der Waals surface area contributed by atoms with Crippen molar-refractivity contribution in [2.45, 2.75) is 13.5 Å². The van der Waals surface area contributed by atoms with Gasteiger partial charge in [-0.2, -0.15) is 5.10 Å². The number of hydrogen-bond donors (Lipinski definition) is 2. The molecule has 0 saturated heterocycles. The van der Waals surface area contributed by atoms with E-state index in [2.05, 4.69) is 5.10 Å². The third-order valence-electron chi connectivity index (χ3n) is 2.38. The Labute approximate surface area is 88.5 Å². The molecule has 1 aromatic heterocycles. The molecule has 0 atom stereocenters. The summed E-state index contributed by atoms with van der Waals surface area (Å²) >= 11 is 0. The van der Waals surface area contributed by atoms with Crippen molar-refractivity contribution >= 4 is 11.4 Å². The lowest BCUT2D eigenvalue weighted by Crippen LogP contribution is -1.94. The van der Waals surface area contributed by atoms with Gasteiger partial charge in [-0.1, -0.05) is 6.07 Å². The fourth-order valence-electron chi connectivity index (χ4n) is 1.44. The van der Waals surface area contributed by atoms with E-state index in [9.17, 15) is 0 Å². The van der Waals surface area contributed by atoms with E-state index in [0.717, 1.165) is 17.7 Å². The minimum absolute atomic E-state index is 0.608.